The van der Waals surface area contributed by atoms with Gasteiger partial charge in [0.1, 0.15) is 17.4 Å². The number of carbonyl (C=O) groups is 2. The summed E-state index contributed by atoms with van der Waals surface area (Å²) in [6, 6.07) is 6.58. The molecule has 6 heteroatoms. The molecule has 2 atom stereocenters. The van der Waals surface area contributed by atoms with Gasteiger partial charge in [-0.25, -0.2) is 4.79 Å². The Morgan fingerprint density at radius 1 is 1.27 bits per heavy atom. The number of carboxylic acids is 1. The number of rotatable bonds is 5. The van der Waals surface area contributed by atoms with Gasteiger partial charge >= 0.3 is 5.97 Å². The molecule has 116 valence electrons. The Hall–Kier alpha value is -2.44. The van der Waals surface area contributed by atoms with Crippen molar-refractivity contribution in [3.63, 3.8) is 0 Å². The number of hydrogen-bond donors (Lipinski definition) is 2. The molecule has 6 nitrogen and oxygen atoms in total. The molecule has 0 bridgehead atoms. The van der Waals surface area contributed by atoms with Crippen molar-refractivity contribution in [2.24, 2.45) is 11.7 Å². The molecule has 2 unspecified atom stereocenters. The molecule has 3 N–H and O–H groups in total. The molecule has 1 aromatic rings. The van der Waals surface area contributed by atoms with E-state index in [-0.39, 0.29) is 11.1 Å². The van der Waals surface area contributed by atoms with Crippen LogP contribution in [0.25, 0.3) is 0 Å². The summed E-state index contributed by atoms with van der Waals surface area (Å²) in [5.74, 6) is -2.51. The molecule has 0 radical (unpaired) electrons. The molecular weight excluding hydrogens is 286 g/mol. The second-order valence-corrected chi connectivity index (χ2v) is 4.84. The lowest BCUT2D eigenvalue weighted by molar-refractivity contribution is -0.134. The number of aliphatic carboxylic acids is 1. The fraction of sp³-hybridized carbons (Fsp3) is 0.250. The van der Waals surface area contributed by atoms with Gasteiger partial charge in [-0.2, -0.15) is 0 Å². The third-order valence-corrected chi connectivity index (χ3v) is 3.63. The standard InChI is InChI=1S/C16H17NO5/c1-21-12-8-4-3-6-10(12)14(18)13-11(15(19)20)7-5-9-16(13,17)22-2/h3-9,13H,17H2,1-2H3,(H,19,20). The summed E-state index contributed by atoms with van der Waals surface area (Å²) in [6.45, 7) is 0. The number of carboxylic acid groups (broad SMARTS) is 1. The van der Waals surface area contributed by atoms with Gasteiger partial charge in [0, 0.05) is 7.11 Å². The minimum atomic E-state index is -1.53. The molecule has 1 aliphatic rings. The van der Waals surface area contributed by atoms with Gasteiger partial charge in [-0.1, -0.05) is 24.3 Å². The molecule has 0 spiro atoms. The Balaban J connectivity index is 2.54. The molecule has 0 heterocycles. The Morgan fingerprint density at radius 3 is 2.55 bits per heavy atom. The van der Waals surface area contributed by atoms with Crippen LogP contribution in [0.2, 0.25) is 0 Å². The number of allylic oxidation sites excluding steroid dienone is 2. The van der Waals surface area contributed by atoms with E-state index in [9.17, 15) is 14.7 Å². The van der Waals surface area contributed by atoms with Crippen LogP contribution < -0.4 is 10.5 Å². The Morgan fingerprint density at radius 2 is 1.95 bits per heavy atom. The van der Waals surface area contributed by atoms with Gasteiger partial charge in [-0.3, -0.25) is 10.5 Å². The van der Waals surface area contributed by atoms with Crippen molar-refractivity contribution in [3.8, 4) is 5.75 Å². The lowest BCUT2D eigenvalue weighted by Gasteiger charge is -2.35. The Kier molecular flexibility index (Phi) is 4.44. The third kappa shape index (κ3) is 2.66. The number of carbonyl (C=O) groups excluding carboxylic acids is 1. The highest BCUT2D eigenvalue weighted by molar-refractivity contribution is 6.07. The highest BCUT2D eigenvalue weighted by atomic mass is 16.5. The molecule has 0 saturated carbocycles. The SMILES string of the molecule is COc1ccccc1C(=O)C1C(C(=O)O)=CC=CC1(N)OC. The van der Waals surface area contributed by atoms with E-state index in [1.165, 1.54) is 32.4 Å². The van der Waals surface area contributed by atoms with Gasteiger partial charge in [0.25, 0.3) is 0 Å². The van der Waals surface area contributed by atoms with Gasteiger partial charge in [-0.05, 0) is 18.2 Å². The Labute approximate surface area is 127 Å². The maximum atomic E-state index is 12.9. The number of hydrogen-bond acceptors (Lipinski definition) is 5. The first-order chi connectivity index (χ1) is 10.4. The van der Waals surface area contributed by atoms with Gasteiger partial charge < -0.3 is 14.6 Å². The molecule has 1 aromatic carbocycles. The summed E-state index contributed by atoms with van der Waals surface area (Å²) >= 11 is 0. The second-order valence-electron chi connectivity index (χ2n) is 4.84. The minimum absolute atomic E-state index is 0.122. The van der Waals surface area contributed by atoms with Crippen molar-refractivity contribution < 1.29 is 24.2 Å². The van der Waals surface area contributed by atoms with E-state index < -0.39 is 23.4 Å². The van der Waals surface area contributed by atoms with Crippen molar-refractivity contribution in [3.05, 3.63) is 53.6 Å². The monoisotopic (exact) mass is 303 g/mol. The summed E-state index contributed by atoms with van der Waals surface area (Å²) < 4.78 is 10.4. The van der Waals surface area contributed by atoms with E-state index in [1.54, 1.807) is 24.3 Å². The maximum Gasteiger partial charge on any atom is 0.332 e. The van der Waals surface area contributed by atoms with Crippen LogP contribution in [0.5, 0.6) is 5.75 Å². The average Bonchev–Trinajstić information content (AvgIpc) is 2.53. The predicted octanol–water partition coefficient (Wildman–Crippen LogP) is 1.38. The predicted molar refractivity (Wildman–Crippen MR) is 79.6 cm³/mol. The second kappa shape index (κ2) is 6.13. The van der Waals surface area contributed by atoms with E-state index in [2.05, 4.69) is 0 Å². The minimum Gasteiger partial charge on any atom is -0.496 e. The van der Waals surface area contributed by atoms with E-state index >= 15 is 0 Å². The average molecular weight is 303 g/mol. The van der Waals surface area contributed by atoms with Crippen LogP contribution in [-0.2, 0) is 9.53 Å². The lowest BCUT2D eigenvalue weighted by Crippen LogP contribution is -2.53. The summed E-state index contributed by atoms with van der Waals surface area (Å²) in [4.78, 5) is 24.4. The van der Waals surface area contributed by atoms with Gasteiger partial charge in [0.15, 0.2) is 5.78 Å². The summed E-state index contributed by atoms with van der Waals surface area (Å²) in [7, 11) is 2.77. The maximum absolute atomic E-state index is 12.9. The fourth-order valence-electron chi connectivity index (χ4n) is 2.47. The van der Waals surface area contributed by atoms with Crippen molar-refractivity contribution >= 4 is 11.8 Å². The Bertz CT molecular complexity index is 664. The van der Waals surface area contributed by atoms with Crippen molar-refractivity contribution in [1.82, 2.24) is 0 Å². The van der Waals surface area contributed by atoms with Gasteiger partial charge in [0.2, 0.25) is 0 Å². The number of nitrogens with two attached hydrogens (primary N) is 1. The van der Waals surface area contributed by atoms with E-state index in [0.29, 0.717) is 5.75 Å². The van der Waals surface area contributed by atoms with Gasteiger partial charge in [0.05, 0.1) is 18.2 Å². The van der Waals surface area contributed by atoms with Crippen LogP contribution in [0.4, 0.5) is 0 Å². The van der Waals surface area contributed by atoms with E-state index in [4.69, 9.17) is 15.2 Å². The van der Waals surface area contributed by atoms with Crippen LogP contribution in [0, 0.1) is 5.92 Å². The molecule has 0 saturated heterocycles. The lowest BCUT2D eigenvalue weighted by atomic mass is 9.79. The zero-order chi connectivity index (χ0) is 16.3. The van der Waals surface area contributed by atoms with Crippen LogP contribution in [-0.4, -0.2) is 36.8 Å². The molecule has 0 amide bonds. The number of ether oxygens (including phenoxy) is 2. The first-order valence-electron chi connectivity index (χ1n) is 6.58. The molecule has 0 aromatic heterocycles. The van der Waals surface area contributed by atoms with E-state index in [0.717, 1.165) is 0 Å². The number of benzene rings is 1. The highest BCUT2D eigenvalue weighted by Gasteiger charge is 2.45. The molecule has 0 aliphatic heterocycles. The highest BCUT2D eigenvalue weighted by Crippen LogP contribution is 2.34. The van der Waals surface area contributed by atoms with Crippen LogP contribution in [0.1, 0.15) is 10.4 Å². The van der Waals surface area contributed by atoms with E-state index in [1.807, 2.05) is 0 Å². The molecule has 2 rings (SSSR count). The zero-order valence-electron chi connectivity index (χ0n) is 12.3. The number of para-hydroxylation sites is 1. The first kappa shape index (κ1) is 15.9. The topological polar surface area (TPSA) is 98.9 Å². The number of methoxy groups -OCH3 is 2. The first-order valence-corrected chi connectivity index (χ1v) is 6.58. The quantitative estimate of drug-likeness (QED) is 0.630. The van der Waals surface area contributed by atoms with Crippen LogP contribution in [0.15, 0.2) is 48.1 Å². The smallest absolute Gasteiger partial charge is 0.332 e. The summed E-state index contributed by atoms with van der Waals surface area (Å²) in [6.07, 6.45) is 4.29. The fourth-order valence-corrected chi connectivity index (χ4v) is 2.47. The van der Waals surface area contributed by atoms with Crippen molar-refractivity contribution in [2.45, 2.75) is 5.72 Å². The number of ketones is 1. The molecule has 1 aliphatic carbocycles. The summed E-state index contributed by atoms with van der Waals surface area (Å²) in [5.41, 5.74) is 4.69. The van der Waals surface area contributed by atoms with Crippen LogP contribution in [0.3, 0.4) is 0 Å². The molecular formula is C16H17NO5. The van der Waals surface area contributed by atoms with Crippen LogP contribution >= 0.6 is 0 Å². The van der Waals surface area contributed by atoms with Crippen molar-refractivity contribution in [1.29, 1.82) is 0 Å². The van der Waals surface area contributed by atoms with Crippen molar-refractivity contribution in [2.75, 3.05) is 14.2 Å². The normalized spacial score (nSPS) is 23.8. The largest absolute Gasteiger partial charge is 0.496 e. The summed E-state index contributed by atoms with van der Waals surface area (Å²) in [5, 5.41) is 9.36. The van der Waals surface area contributed by atoms with Gasteiger partial charge in [-0.15, -0.1) is 0 Å². The third-order valence-electron chi connectivity index (χ3n) is 3.63. The molecule has 0 fully saturated rings. The number of Topliss-reactive ketones (excluding diaryl/α,β-unsaturated/α-hetero) is 1. The zero-order valence-corrected chi connectivity index (χ0v) is 12.3. The molecule has 22 heavy (non-hydrogen) atoms.